The molecule has 244 valence electrons. The Hall–Kier alpha value is -6.09. The molecule has 0 N–H and O–H groups in total. The van der Waals surface area contributed by atoms with Gasteiger partial charge < -0.3 is 9.30 Å². The zero-order valence-electron chi connectivity index (χ0n) is 27.3. The molecule has 0 bridgehead atoms. The van der Waals surface area contributed by atoms with Crippen molar-refractivity contribution in [2.75, 3.05) is 0 Å². The monoisotopic (exact) mass is 834 g/mol. The van der Waals surface area contributed by atoms with E-state index in [2.05, 4.69) is 125 Å². The van der Waals surface area contributed by atoms with Gasteiger partial charge in [-0.25, -0.2) is 21.1 Å². The Morgan fingerprint density at radius 3 is 1.76 bits per heavy atom. The van der Waals surface area contributed by atoms with Crippen LogP contribution in [0.2, 0.25) is 0 Å². The number of pyridine rings is 2. The predicted octanol–water partition coefficient (Wildman–Crippen LogP) is 11.6. The van der Waals surface area contributed by atoms with Crippen LogP contribution in [0.1, 0.15) is 0 Å². The number of para-hydroxylation sites is 1. The van der Waals surface area contributed by atoms with Crippen molar-refractivity contribution in [1.29, 1.82) is 0 Å². The summed E-state index contributed by atoms with van der Waals surface area (Å²) in [5.74, 6) is 1.91. The van der Waals surface area contributed by atoms with Gasteiger partial charge in [0.05, 0.1) is 0 Å². The van der Waals surface area contributed by atoms with E-state index < -0.39 is 0 Å². The number of rotatable bonds is 7. The van der Waals surface area contributed by atoms with E-state index >= 15 is 0 Å². The van der Waals surface area contributed by atoms with Gasteiger partial charge in [-0.15, -0.1) is 17.7 Å². The maximum Gasteiger partial charge on any atom is 2.00 e. The van der Waals surface area contributed by atoms with E-state index in [0.29, 0.717) is 11.6 Å². The summed E-state index contributed by atoms with van der Waals surface area (Å²) in [6, 6.07) is 63.4. The summed E-state index contributed by atoms with van der Waals surface area (Å²) in [6.07, 6.45) is 3.66. The van der Waals surface area contributed by atoms with Gasteiger partial charge in [-0.3, -0.25) is 0 Å². The summed E-state index contributed by atoms with van der Waals surface area (Å²) in [4.78, 5) is 9.41. The largest absolute Gasteiger partial charge is 2.00 e. The molecule has 51 heavy (non-hydrogen) atoms. The minimum absolute atomic E-state index is 0. The first-order valence-corrected chi connectivity index (χ1v) is 16.6. The van der Waals surface area contributed by atoms with Crippen LogP contribution in [0.25, 0.3) is 72.1 Å². The van der Waals surface area contributed by atoms with Crippen molar-refractivity contribution in [1.82, 2.24) is 14.5 Å². The first-order valence-electron chi connectivity index (χ1n) is 16.6. The van der Waals surface area contributed by atoms with Crippen LogP contribution in [0, 0.1) is 12.1 Å². The molecule has 0 aliphatic carbocycles. The number of nitrogens with zero attached hydrogens (tertiary/aromatic N) is 3. The zero-order chi connectivity index (χ0) is 33.3. The molecule has 9 rings (SSSR count). The van der Waals surface area contributed by atoms with E-state index in [4.69, 9.17) is 9.72 Å². The first-order chi connectivity index (χ1) is 24.8. The maximum absolute atomic E-state index is 6.45. The minimum Gasteiger partial charge on any atom is -0.460 e. The number of aromatic nitrogens is 3. The van der Waals surface area contributed by atoms with Crippen LogP contribution in [0.4, 0.5) is 0 Å². The van der Waals surface area contributed by atoms with Crippen molar-refractivity contribution < 1.29 is 25.8 Å². The van der Waals surface area contributed by atoms with Gasteiger partial charge in [0.15, 0.2) is 0 Å². The number of hydrogen-bond donors (Lipinski definition) is 0. The molecule has 0 saturated carbocycles. The third-order valence-electron chi connectivity index (χ3n) is 8.96. The van der Waals surface area contributed by atoms with E-state index in [0.717, 1.165) is 72.1 Å². The second kappa shape index (κ2) is 14.0. The Labute approximate surface area is 310 Å². The van der Waals surface area contributed by atoms with E-state index in [1.807, 2.05) is 66.9 Å². The van der Waals surface area contributed by atoms with E-state index in [-0.39, 0.29) is 21.1 Å². The van der Waals surface area contributed by atoms with Gasteiger partial charge >= 0.3 is 21.1 Å². The summed E-state index contributed by atoms with van der Waals surface area (Å²) in [5.41, 5.74) is 10.3. The smallest absolute Gasteiger partial charge is 0.460 e. The average molecular weight is 835 g/mol. The summed E-state index contributed by atoms with van der Waals surface area (Å²) in [6.45, 7) is 0. The van der Waals surface area contributed by atoms with Gasteiger partial charge in [0.25, 0.3) is 0 Å². The Bertz CT molecular complexity index is 2620. The number of ether oxygens (including phenoxy) is 1. The summed E-state index contributed by atoms with van der Waals surface area (Å²) in [5, 5.41) is 2.25. The Kier molecular flexibility index (Phi) is 8.84. The van der Waals surface area contributed by atoms with Crippen LogP contribution < -0.4 is 4.74 Å². The zero-order valence-corrected chi connectivity index (χ0v) is 29.6. The predicted molar refractivity (Wildman–Crippen MR) is 202 cm³/mol. The molecule has 0 fully saturated rings. The van der Waals surface area contributed by atoms with E-state index in [1.54, 1.807) is 6.20 Å². The van der Waals surface area contributed by atoms with Crippen molar-refractivity contribution in [2.45, 2.75) is 0 Å². The number of benzene rings is 6. The topological polar surface area (TPSA) is 39.9 Å². The molecule has 6 aromatic carbocycles. The van der Waals surface area contributed by atoms with Crippen molar-refractivity contribution >= 4 is 21.8 Å². The molecule has 9 aromatic rings. The molecular weight excluding hydrogens is 806 g/mol. The van der Waals surface area contributed by atoms with Gasteiger partial charge in [-0.2, -0.15) is 18.2 Å². The van der Waals surface area contributed by atoms with Gasteiger partial charge in [0, 0.05) is 29.7 Å². The van der Waals surface area contributed by atoms with Crippen LogP contribution in [-0.4, -0.2) is 14.5 Å². The molecule has 0 atom stereocenters. The molecular formula is C46H29N3OPt. The molecule has 0 saturated heterocycles. The van der Waals surface area contributed by atoms with Gasteiger partial charge in [-0.1, -0.05) is 121 Å². The van der Waals surface area contributed by atoms with Crippen LogP contribution in [-0.2, 0) is 21.1 Å². The fraction of sp³-hybridized carbons (Fsp3) is 0. The molecule has 4 nitrogen and oxygen atoms in total. The average Bonchev–Trinajstić information content (AvgIpc) is 3.53. The van der Waals surface area contributed by atoms with E-state index in [1.165, 1.54) is 0 Å². The third-order valence-corrected chi connectivity index (χ3v) is 8.96. The summed E-state index contributed by atoms with van der Waals surface area (Å²) in [7, 11) is 0. The number of hydrogen-bond acceptors (Lipinski definition) is 3. The summed E-state index contributed by atoms with van der Waals surface area (Å²) >= 11 is 0. The fourth-order valence-corrected chi connectivity index (χ4v) is 6.57. The maximum atomic E-state index is 6.45. The number of fused-ring (bicyclic) bond motifs is 3. The normalized spacial score (nSPS) is 11.0. The van der Waals surface area contributed by atoms with Crippen molar-refractivity contribution in [3.05, 3.63) is 188 Å². The van der Waals surface area contributed by atoms with Crippen LogP contribution in [0.3, 0.4) is 0 Å². The van der Waals surface area contributed by atoms with Gasteiger partial charge in [0.2, 0.25) is 5.88 Å². The Morgan fingerprint density at radius 1 is 0.451 bits per heavy atom. The van der Waals surface area contributed by atoms with Crippen molar-refractivity contribution in [2.24, 2.45) is 0 Å². The van der Waals surface area contributed by atoms with E-state index in [9.17, 15) is 0 Å². The molecule has 0 radical (unpaired) electrons. The molecule has 0 aliphatic heterocycles. The summed E-state index contributed by atoms with van der Waals surface area (Å²) < 4.78 is 8.66. The van der Waals surface area contributed by atoms with Crippen molar-refractivity contribution in [3.8, 4) is 62.0 Å². The Morgan fingerprint density at radius 2 is 1.06 bits per heavy atom. The van der Waals surface area contributed by atoms with Gasteiger partial charge in [-0.05, 0) is 63.0 Å². The second-order valence-corrected chi connectivity index (χ2v) is 12.1. The van der Waals surface area contributed by atoms with Gasteiger partial charge in [0.1, 0.15) is 5.82 Å². The molecule has 3 heterocycles. The minimum atomic E-state index is 0. The quantitative estimate of drug-likeness (QED) is 0.150. The van der Waals surface area contributed by atoms with Crippen LogP contribution in [0.5, 0.6) is 11.6 Å². The second-order valence-electron chi connectivity index (χ2n) is 12.1. The third kappa shape index (κ3) is 6.38. The van der Waals surface area contributed by atoms with Crippen LogP contribution in [0.15, 0.2) is 176 Å². The standard InChI is InChI=1S/C46H29N3O.Pt/c1-4-12-32(13-5-1)36-22-24-47-45(30-36)49-43-19-11-10-18-41(43)42-21-20-35(29-44(42)49)39-26-38(34-16-8-3-9-17-34)27-40(28-39)50-46-31-37(23-25-48-46)33-14-6-2-7-15-33;/h1-27,30-31H;/q-2;+2. The van der Waals surface area contributed by atoms with Crippen molar-refractivity contribution in [3.63, 3.8) is 0 Å². The molecule has 0 unspecified atom stereocenters. The molecule has 0 spiro atoms. The first kappa shape index (κ1) is 32.1. The SMILES string of the molecule is [Pt+2].[c-]1c(Oc2cc(-c3ccccc3)ccn2)cc(-c2ccccc2)cc1-c1[c-]c2c(cc1)c1ccccc1n2-c1cc(-c2ccccc2)ccn1. The Balaban J connectivity index is 0.00000374. The van der Waals surface area contributed by atoms with Crippen LogP contribution >= 0.6 is 0 Å². The fourth-order valence-electron chi connectivity index (χ4n) is 6.57. The molecule has 3 aromatic heterocycles. The molecule has 0 aliphatic rings. The molecule has 5 heteroatoms. The molecule has 0 amide bonds.